The highest BCUT2D eigenvalue weighted by Gasteiger charge is 2.30. The van der Waals surface area contributed by atoms with Gasteiger partial charge in [0, 0.05) is 0 Å². The van der Waals surface area contributed by atoms with Gasteiger partial charge < -0.3 is 4.42 Å². The van der Waals surface area contributed by atoms with Crippen LogP contribution in [0.25, 0.3) is 17.3 Å². The minimum atomic E-state index is -4.42. The second-order valence-corrected chi connectivity index (χ2v) is 4.60. The Bertz CT molecular complexity index is 818. The molecular weight excluding hydrogens is 303 g/mol. The molecule has 0 aliphatic rings. The highest BCUT2D eigenvalue weighted by Crippen LogP contribution is 2.31. The Kier molecular flexibility index (Phi) is 3.17. The van der Waals surface area contributed by atoms with Crippen molar-refractivity contribution in [3.8, 4) is 17.3 Å². The largest absolute Gasteiger partial charge is 0.461 e. The van der Waals surface area contributed by atoms with Crippen molar-refractivity contribution in [3.63, 3.8) is 0 Å². The monoisotopic (exact) mass is 311 g/mol. The Hall–Kier alpha value is -2.35. The molecule has 0 spiro atoms. The van der Waals surface area contributed by atoms with Crippen molar-refractivity contribution in [2.75, 3.05) is 0 Å². The van der Waals surface area contributed by atoms with Crippen molar-refractivity contribution in [1.29, 1.82) is 0 Å². The quantitative estimate of drug-likeness (QED) is 0.721. The molecule has 3 rings (SSSR count). The molecule has 4 nitrogen and oxygen atoms in total. The van der Waals surface area contributed by atoms with Gasteiger partial charge in [0.05, 0.1) is 17.5 Å². The van der Waals surface area contributed by atoms with E-state index in [2.05, 4.69) is 10.2 Å². The number of aromatic amines is 1. The summed E-state index contributed by atoms with van der Waals surface area (Å²) in [5.41, 5.74) is -0.497. The number of hydrogen-bond donors (Lipinski definition) is 1. The zero-order valence-electron chi connectivity index (χ0n) is 10.4. The molecule has 0 bridgehead atoms. The summed E-state index contributed by atoms with van der Waals surface area (Å²) < 4.78 is 45.2. The highest BCUT2D eigenvalue weighted by atomic mass is 32.1. The third-order valence-corrected chi connectivity index (χ3v) is 3.12. The number of benzene rings is 1. The maximum atomic E-state index is 12.8. The van der Waals surface area contributed by atoms with Gasteiger partial charge in [-0.25, -0.2) is 0 Å². The summed E-state index contributed by atoms with van der Waals surface area (Å²) in [6.45, 7) is 0. The van der Waals surface area contributed by atoms with Gasteiger partial charge >= 0.3 is 6.18 Å². The highest BCUT2D eigenvalue weighted by molar-refractivity contribution is 7.71. The lowest BCUT2D eigenvalue weighted by Gasteiger charge is -2.10. The molecular formula is C13H8F3N3OS. The SMILES string of the molecule is FC(F)(F)c1cccc(-n2c(-c3ccco3)n[nH]c2=S)c1. The van der Waals surface area contributed by atoms with E-state index in [9.17, 15) is 13.2 Å². The van der Waals surface area contributed by atoms with Crippen molar-refractivity contribution < 1.29 is 17.6 Å². The van der Waals surface area contributed by atoms with Crippen LogP contribution in [-0.4, -0.2) is 14.8 Å². The number of nitrogens with one attached hydrogen (secondary N) is 1. The fraction of sp³-hybridized carbons (Fsp3) is 0.0769. The maximum absolute atomic E-state index is 12.8. The first-order valence-corrected chi connectivity index (χ1v) is 6.26. The van der Waals surface area contributed by atoms with E-state index in [0.29, 0.717) is 11.6 Å². The molecule has 0 saturated heterocycles. The molecule has 8 heteroatoms. The molecule has 0 saturated carbocycles. The Morgan fingerprint density at radius 3 is 2.67 bits per heavy atom. The van der Waals surface area contributed by atoms with Crippen molar-refractivity contribution in [2.45, 2.75) is 6.18 Å². The number of hydrogen-bond acceptors (Lipinski definition) is 3. The first kappa shape index (κ1) is 13.6. The van der Waals surface area contributed by atoms with E-state index in [1.54, 1.807) is 12.1 Å². The second kappa shape index (κ2) is 4.88. The number of H-pyrrole nitrogens is 1. The average Bonchev–Trinajstić information content (AvgIpc) is 3.06. The standard InChI is InChI=1S/C13H8F3N3OS/c14-13(15,16)8-3-1-4-9(7-8)19-11(17-18-12(19)21)10-5-2-6-20-10/h1-7H,(H,18,21). The van der Waals surface area contributed by atoms with Crippen molar-refractivity contribution >= 4 is 12.2 Å². The zero-order valence-corrected chi connectivity index (χ0v) is 11.2. The number of halogens is 3. The first-order chi connectivity index (χ1) is 9.97. The number of furan rings is 1. The van der Waals surface area contributed by atoms with Crippen molar-refractivity contribution in [1.82, 2.24) is 14.8 Å². The van der Waals surface area contributed by atoms with E-state index >= 15 is 0 Å². The summed E-state index contributed by atoms with van der Waals surface area (Å²) in [6, 6.07) is 8.15. The molecule has 2 aromatic heterocycles. The van der Waals surface area contributed by atoms with E-state index in [-0.39, 0.29) is 10.5 Å². The molecule has 1 aromatic carbocycles. The van der Waals surface area contributed by atoms with Crippen LogP contribution in [0.3, 0.4) is 0 Å². The average molecular weight is 311 g/mol. The Balaban J connectivity index is 2.18. The molecule has 0 unspecified atom stereocenters. The maximum Gasteiger partial charge on any atom is 0.416 e. The van der Waals surface area contributed by atoms with Gasteiger partial charge in [-0.3, -0.25) is 9.67 Å². The van der Waals surface area contributed by atoms with Gasteiger partial charge in [0.2, 0.25) is 5.82 Å². The molecule has 21 heavy (non-hydrogen) atoms. The molecule has 1 N–H and O–H groups in total. The normalized spacial score (nSPS) is 11.8. The topological polar surface area (TPSA) is 46.8 Å². The summed E-state index contributed by atoms with van der Waals surface area (Å²) in [7, 11) is 0. The Morgan fingerprint density at radius 1 is 1.19 bits per heavy atom. The fourth-order valence-electron chi connectivity index (χ4n) is 1.93. The van der Waals surface area contributed by atoms with Gasteiger partial charge in [-0.05, 0) is 42.5 Å². The predicted molar refractivity (Wildman–Crippen MR) is 71.5 cm³/mol. The smallest absolute Gasteiger partial charge is 0.416 e. The predicted octanol–water partition coefficient (Wildman–Crippen LogP) is 4.21. The molecule has 0 amide bonds. The molecule has 2 heterocycles. The third kappa shape index (κ3) is 2.49. The Labute approximate surface area is 121 Å². The minimum Gasteiger partial charge on any atom is -0.461 e. The molecule has 3 aromatic rings. The number of alkyl halides is 3. The van der Waals surface area contributed by atoms with Gasteiger partial charge in [-0.1, -0.05) is 6.07 Å². The molecule has 0 radical (unpaired) electrons. The number of rotatable bonds is 2. The summed E-state index contributed by atoms with van der Waals surface area (Å²) in [6.07, 6.45) is -2.98. The third-order valence-electron chi connectivity index (χ3n) is 2.85. The summed E-state index contributed by atoms with van der Waals surface area (Å²) in [5.74, 6) is 0.712. The van der Waals surface area contributed by atoms with Crippen LogP contribution in [0, 0.1) is 4.77 Å². The molecule has 0 fully saturated rings. The van der Waals surface area contributed by atoms with Crippen LogP contribution in [0.2, 0.25) is 0 Å². The first-order valence-electron chi connectivity index (χ1n) is 5.86. The van der Waals surface area contributed by atoms with E-state index in [1.807, 2.05) is 0 Å². The Morgan fingerprint density at radius 2 is 2.00 bits per heavy atom. The van der Waals surface area contributed by atoms with Crippen LogP contribution in [-0.2, 0) is 6.18 Å². The van der Waals surface area contributed by atoms with E-state index in [4.69, 9.17) is 16.6 Å². The van der Waals surface area contributed by atoms with Crippen molar-refractivity contribution in [3.05, 3.63) is 53.0 Å². The van der Waals surface area contributed by atoms with E-state index in [1.165, 1.54) is 23.0 Å². The summed E-state index contributed by atoms with van der Waals surface area (Å²) in [5, 5.41) is 6.55. The fourth-order valence-corrected chi connectivity index (χ4v) is 2.17. The van der Waals surface area contributed by atoms with Gasteiger partial charge in [0.25, 0.3) is 0 Å². The van der Waals surface area contributed by atoms with E-state index in [0.717, 1.165) is 12.1 Å². The summed E-state index contributed by atoms with van der Waals surface area (Å²) in [4.78, 5) is 0. The van der Waals surface area contributed by atoms with Gasteiger partial charge in [0.15, 0.2) is 10.5 Å². The van der Waals surface area contributed by atoms with Gasteiger partial charge in [0.1, 0.15) is 0 Å². The number of nitrogens with zero attached hydrogens (tertiary/aromatic N) is 2. The summed E-state index contributed by atoms with van der Waals surface area (Å²) >= 11 is 5.09. The van der Waals surface area contributed by atoms with Crippen LogP contribution < -0.4 is 0 Å². The van der Waals surface area contributed by atoms with Crippen LogP contribution >= 0.6 is 12.2 Å². The molecule has 0 aliphatic carbocycles. The van der Waals surface area contributed by atoms with Crippen LogP contribution in [0.5, 0.6) is 0 Å². The minimum absolute atomic E-state index is 0.181. The lowest BCUT2D eigenvalue weighted by atomic mass is 10.2. The van der Waals surface area contributed by atoms with Crippen LogP contribution in [0.4, 0.5) is 13.2 Å². The van der Waals surface area contributed by atoms with Crippen molar-refractivity contribution in [2.24, 2.45) is 0 Å². The van der Waals surface area contributed by atoms with Crippen LogP contribution in [0.15, 0.2) is 47.1 Å². The number of aromatic nitrogens is 3. The van der Waals surface area contributed by atoms with Gasteiger partial charge in [-0.2, -0.15) is 18.3 Å². The van der Waals surface area contributed by atoms with Gasteiger partial charge in [-0.15, -0.1) is 0 Å². The lowest BCUT2D eigenvalue weighted by molar-refractivity contribution is -0.137. The van der Waals surface area contributed by atoms with E-state index < -0.39 is 11.7 Å². The molecule has 108 valence electrons. The second-order valence-electron chi connectivity index (χ2n) is 4.21. The lowest BCUT2D eigenvalue weighted by Crippen LogP contribution is -2.06. The molecule has 0 atom stereocenters. The zero-order chi connectivity index (χ0) is 15.0. The van der Waals surface area contributed by atoms with Crippen LogP contribution in [0.1, 0.15) is 5.56 Å². The molecule has 0 aliphatic heterocycles.